The average Bonchev–Trinajstić information content (AvgIpc) is 2.75. The molecule has 0 atom stereocenters. The normalized spacial score (nSPS) is 10.7. The number of hydrogen-bond donors (Lipinski definition) is 1. The molecule has 0 saturated carbocycles. The van der Waals surface area contributed by atoms with Crippen LogP contribution in [0.25, 0.3) is 22.1 Å². The van der Waals surface area contributed by atoms with Crippen LogP contribution in [0.1, 0.15) is 6.92 Å². The summed E-state index contributed by atoms with van der Waals surface area (Å²) in [5, 5.41) is 4.23. The lowest BCUT2D eigenvalue weighted by Crippen LogP contribution is -2.08. The molecule has 0 aliphatic carbocycles. The van der Waals surface area contributed by atoms with Crippen LogP contribution < -0.4 is 20.4 Å². The Kier molecular flexibility index (Phi) is 5.20. The number of fused-ring (bicyclic) bond motifs is 1. The number of anilines is 2. The van der Waals surface area contributed by atoms with Gasteiger partial charge in [0.15, 0.2) is 0 Å². The van der Waals surface area contributed by atoms with Crippen molar-refractivity contribution in [1.29, 1.82) is 0 Å². The van der Waals surface area contributed by atoms with Crippen LogP contribution in [0.4, 0.5) is 11.4 Å². The zero-order chi connectivity index (χ0) is 20.2. The van der Waals surface area contributed by atoms with Crippen LogP contribution in [-0.2, 0) is 0 Å². The van der Waals surface area contributed by atoms with Gasteiger partial charge in [0.1, 0.15) is 17.1 Å². The van der Waals surface area contributed by atoms with E-state index in [4.69, 9.17) is 13.9 Å². The maximum atomic E-state index is 12.9. The molecule has 1 N–H and O–H groups in total. The molecule has 4 rings (SSSR count). The molecule has 4 aromatic rings. The van der Waals surface area contributed by atoms with Crippen LogP contribution in [0.15, 0.2) is 82.0 Å². The third-order valence-corrected chi connectivity index (χ3v) is 4.63. The Morgan fingerprint density at radius 3 is 2.28 bits per heavy atom. The van der Waals surface area contributed by atoms with Gasteiger partial charge in [0.2, 0.25) is 0 Å². The van der Waals surface area contributed by atoms with Crippen LogP contribution in [-0.4, -0.2) is 13.7 Å². The summed E-state index contributed by atoms with van der Waals surface area (Å²) in [6.07, 6.45) is 0. The molecule has 0 radical (unpaired) electrons. The van der Waals surface area contributed by atoms with Crippen LogP contribution in [0.5, 0.6) is 11.5 Å². The summed E-state index contributed by atoms with van der Waals surface area (Å²) in [6.45, 7) is 2.56. The van der Waals surface area contributed by atoms with E-state index >= 15 is 0 Å². The first-order chi connectivity index (χ1) is 14.2. The molecule has 0 saturated heterocycles. The van der Waals surface area contributed by atoms with Gasteiger partial charge in [0, 0.05) is 11.1 Å². The number of rotatable bonds is 6. The maximum absolute atomic E-state index is 12.9. The topological polar surface area (TPSA) is 60.7 Å². The molecule has 146 valence electrons. The molecule has 5 nitrogen and oxygen atoms in total. The van der Waals surface area contributed by atoms with Gasteiger partial charge < -0.3 is 19.2 Å². The van der Waals surface area contributed by atoms with E-state index in [0.29, 0.717) is 23.4 Å². The molecule has 1 heterocycles. The fraction of sp³-hybridized carbons (Fsp3) is 0.125. The minimum Gasteiger partial charge on any atom is -0.497 e. The summed E-state index contributed by atoms with van der Waals surface area (Å²) in [5.74, 6) is 1.52. The fourth-order valence-corrected chi connectivity index (χ4v) is 3.25. The van der Waals surface area contributed by atoms with Crippen LogP contribution >= 0.6 is 0 Å². The van der Waals surface area contributed by atoms with Gasteiger partial charge in [-0.05, 0) is 61.0 Å². The molecule has 0 unspecified atom stereocenters. The lowest BCUT2D eigenvalue weighted by molar-refractivity contribution is 0.340. The average molecular weight is 387 g/mol. The zero-order valence-electron chi connectivity index (χ0n) is 16.3. The first kappa shape index (κ1) is 18.6. The summed E-state index contributed by atoms with van der Waals surface area (Å²) in [7, 11) is 1.61. The lowest BCUT2D eigenvalue weighted by atomic mass is 10.0. The number of methoxy groups -OCH3 is 1. The Morgan fingerprint density at radius 2 is 1.59 bits per heavy atom. The lowest BCUT2D eigenvalue weighted by Gasteiger charge is -2.15. The number of ether oxygens (including phenoxy) is 2. The van der Waals surface area contributed by atoms with Crippen molar-refractivity contribution in [3.05, 3.63) is 83.2 Å². The first-order valence-electron chi connectivity index (χ1n) is 9.39. The molecule has 0 amide bonds. The Hall–Kier alpha value is -3.73. The molecule has 3 aromatic carbocycles. The van der Waals surface area contributed by atoms with Crippen molar-refractivity contribution in [3.63, 3.8) is 0 Å². The largest absolute Gasteiger partial charge is 0.497 e. The van der Waals surface area contributed by atoms with E-state index in [1.807, 2.05) is 73.7 Å². The molecule has 29 heavy (non-hydrogen) atoms. The Labute approximate surface area is 168 Å². The van der Waals surface area contributed by atoms with Crippen molar-refractivity contribution in [1.82, 2.24) is 0 Å². The predicted molar refractivity (Wildman–Crippen MR) is 115 cm³/mol. The maximum Gasteiger partial charge on any atom is 0.346 e. The second-order valence-electron chi connectivity index (χ2n) is 6.45. The van der Waals surface area contributed by atoms with Crippen LogP contribution in [0, 0.1) is 0 Å². The van der Waals surface area contributed by atoms with Crippen molar-refractivity contribution in [2.75, 3.05) is 19.0 Å². The van der Waals surface area contributed by atoms with Gasteiger partial charge in [0.25, 0.3) is 0 Å². The van der Waals surface area contributed by atoms with Crippen molar-refractivity contribution in [2.45, 2.75) is 6.92 Å². The highest BCUT2D eigenvalue weighted by Gasteiger charge is 2.17. The van der Waals surface area contributed by atoms with E-state index in [0.717, 1.165) is 28.1 Å². The van der Waals surface area contributed by atoms with Crippen molar-refractivity contribution in [3.8, 4) is 22.6 Å². The van der Waals surface area contributed by atoms with Crippen LogP contribution in [0.2, 0.25) is 0 Å². The van der Waals surface area contributed by atoms with Gasteiger partial charge in [-0.2, -0.15) is 0 Å². The van der Waals surface area contributed by atoms with E-state index < -0.39 is 5.63 Å². The Morgan fingerprint density at radius 1 is 0.897 bits per heavy atom. The minimum absolute atomic E-state index is 0.401. The minimum atomic E-state index is -0.401. The monoisotopic (exact) mass is 387 g/mol. The van der Waals surface area contributed by atoms with Gasteiger partial charge in [-0.1, -0.05) is 24.3 Å². The van der Waals surface area contributed by atoms with Crippen molar-refractivity contribution < 1.29 is 13.9 Å². The zero-order valence-corrected chi connectivity index (χ0v) is 16.3. The van der Waals surface area contributed by atoms with Crippen molar-refractivity contribution >= 4 is 22.3 Å². The summed E-state index contributed by atoms with van der Waals surface area (Å²) in [6, 6.07) is 22.5. The number of hydrogen-bond acceptors (Lipinski definition) is 5. The highest BCUT2D eigenvalue weighted by atomic mass is 16.5. The third kappa shape index (κ3) is 3.80. The van der Waals surface area contributed by atoms with E-state index in [1.54, 1.807) is 13.2 Å². The van der Waals surface area contributed by atoms with Gasteiger partial charge in [-0.25, -0.2) is 4.79 Å². The highest BCUT2D eigenvalue weighted by Crippen LogP contribution is 2.35. The van der Waals surface area contributed by atoms with Gasteiger partial charge >= 0.3 is 5.63 Å². The SMILES string of the molecule is CCOc1ccc(Nc2c(-c3ccc(OC)cc3)c(=O)oc3ccccc23)cc1. The molecule has 0 spiro atoms. The number of benzene rings is 3. The predicted octanol–water partition coefficient (Wildman–Crippen LogP) is 5.61. The molecule has 0 fully saturated rings. The Balaban J connectivity index is 1.86. The summed E-state index contributed by atoms with van der Waals surface area (Å²) in [5.41, 5.74) is 2.90. The fourth-order valence-electron chi connectivity index (χ4n) is 3.25. The molecular weight excluding hydrogens is 366 g/mol. The number of para-hydroxylation sites is 1. The molecule has 0 aliphatic rings. The molecule has 1 aromatic heterocycles. The van der Waals surface area contributed by atoms with E-state index in [9.17, 15) is 4.79 Å². The summed E-state index contributed by atoms with van der Waals surface area (Å²) < 4.78 is 16.3. The van der Waals surface area contributed by atoms with E-state index in [1.165, 1.54) is 0 Å². The smallest absolute Gasteiger partial charge is 0.346 e. The summed E-state index contributed by atoms with van der Waals surface area (Å²) >= 11 is 0. The van der Waals surface area contributed by atoms with Crippen LogP contribution in [0.3, 0.4) is 0 Å². The highest BCUT2D eigenvalue weighted by molar-refractivity contribution is 5.99. The van der Waals surface area contributed by atoms with Gasteiger partial charge in [0.05, 0.1) is 25.0 Å². The first-order valence-corrected chi connectivity index (χ1v) is 9.39. The van der Waals surface area contributed by atoms with E-state index in [-0.39, 0.29) is 0 Å². The van der Waals surface area contributed by atoms with Crippen molar-refractivity contribution in [2.24, 2.45) is 0 Å². The van der Waals surface area contributed by atoms with E-state index in [2.05, 4.69) is 5.32 Å². The molecule has 0 aliphatic heterocycles. The summed E-state index contributed by atoms with van der Waals surface area (Å²) in [4.78, 5) is 12.9. The molecular formula is C24H21NO4. The second kappa shape index (κ2) is 8.10. The quantitative estimate of drug-likeness (QED) is 0.436. The third-order valence-electron chi connectivity index (χ3n) is 4.63. The molecule has 0 bridgehead atoms. The molecule has 5 heteroatoms. The number of nitrogens with one attached hydrogen (secondary N) is 1. The Bertz CT molecular complexity index is 1180. The van der Waals surface area contributed by atoms with Gasteiger partial charge in [-0.3, -0.25) is 0 Å². The van der Waals surface area contributed by atoms with Gasteiger partial charge in [-0.15, -0.1) is 0 Å². The standard InChI is InChI=1S/C24H21NO4/c1-3-28-19-14-10-17(11-15-19)25-23-20-6-4-5-7-21(20)29-24(26)22(23)16-8-12-18(27-2)13-9-16/h4-15,25H,3H2,1-2H3. The second-order valence-corrected chi connectivity index (χ2v) is 6.45.